The van der Waals surface area contributed by atoms with Crippen molar-refractivity contribution in [3.05, 3.63) is 52.8 Å². The predicted molar refractivity (Wildman–Crippen MR) is 97.9 cm³/mol. The second-order valence-corrected chi connectivity index (χ2v) is 7.19. The van der Waals surface area contributed by atoms with E-state index in [1.807, 2.05) is 6.07 Å². The zero-order chi connectivity index (χ0) is 17.8. The van der Waals surface area contributed by atoms with Gasteiger partial charge < -0.3 is 9.73 Å². The van der Waals surface area contributed by atoms with E-state index < -0.39 is 5.25 Å². The number of hydrogen-bond donors (Lipinski definition) is 1. The molecule has 0 saturated carbocycles. The Balaban J connectivity index is 1.64. The van der Waals surface area contributed by atoms with Crippen molar-refractivity contribution in [3.63, 3.8) is 0 Å². The zero-order valence-corrected chi connectivity index (χ0v) is 15.3. The number of thioether (sulfide) groups is 1. The summed E-state index contributed by atoms with van der Waals surface area (Å²) in [4.78, 5) is 16.3. The Labute approximate surface area is 158 Å². The highest BCUT2D eigenvalue weighted by Gasteiger charge is 2.19. The molecule has 0 saturated heterocycles. The van der Waals surface area contributed by atoms with Crippen LogP contribution in [0.15, 0.2) is 52.4 Å². The van der Waals surface area contributed by atoms with Gasteiger partial charge in [-0.3, -0.25) is 9.78 Å². The number of anilines is 1. The number of halogens is 2. The Morgan fingerprint density at radius 1 is 1.24 bits per heavy atom. The highest BCUT2D eigenvalue weighted by molar-refractivity contribution is 8.00. The molecule has 6 nitrogen and oxygen atoms in total. The van der Waals surface area contributed by atoms with E-state index in [1.54, 1.807) is 43.6 Å². The average molecular weight is 395 g/mol. The van der Waals surface area contributed by atoms with Gasteiger partial charge in [-0.2, -0.15) is 0 Å². The van der Waals surface area contributed by atoms with E-state index >= 15 is 0 Å². The topological polar surface area (TPSA) is 80.9 Å². The molecule has 3 aromatic rings. The van der Waals surface area contributed by atoms with Crippen molar-refractivity contribution >= 4 is 46.6 Å². The number of rotatable bonds is 5. The normalized spacial score (nSPS) is 12.0. The summed E-state index contributed by atoms with van der Waals surface area (Å²) in [6.07, 6.45) is 3.28. The molecule has 0 aliphatic carbocycles. The summed E-state index contributed by atoms with van der Waals surface area (Å²) < 4.78 is 5.56. The summed E-state index contributed by atoms with van der Waals surface area (Å²) in [5, 5.41) is 11.4. The first kappa shape index (κ1) is 17.7. The molecule has 1 N–H and O–H groups in total. The number of carbonyl (C=O) groups is 1. The summed E-state index contributed by atoms with van der Waals surface area (Å²) >= 11 is 13.0. The maximum Gasteiger partial charge on any atom is 0.277 e. The van der Waals surface area contributed by atoms with Gasteiger partial charge in [0.1, 0.15) is 0 Å². The van der Waals surface area contributed by atoms with Gasteiger partial charge in [0, 0.05) is 28.1 Å². The van der Waals surface area contributed by atoms with Crippen LogP contribution >= 0.6 is 35.0 Å². The predicted octanol–water partition coefficient (Wildman–Crippen LogP) is 4.56. The molecule has 0 bridgehead atoms. The Morgan fingerprint density at radius 3 is 2.68 bits per heavy atom. The van der Waals surface area contributed by atoms with E-state index in [2.05, 4.69) is 20.5 Å². The lowest BCUT2D eigenvalue weighted by Crippen LogP contribution is -2.22. The Hall–Kier alpha value is -2.09. The molecule has 1 aromatic carbocycles. The third-order valence-electron chi connectivity index (χ3n) is 3.09. The Kier molecular flexibility index (Phi) is 5.57. The monoisotopic (exact) mass is 394 g/mol. The van der Waals surface area contributed by atoms with Crippen LogP contribution in [0.25, 0.3) is 11.5 Å². The van der Waals surface area contributed by atoms with Gasteiger partial charge >= 0.3 is 0 Å². The van der Waals surface area contributed by atoms with Crippen molar-refractivity contribution in [2.45, 2.75) is 17.4 Å². The van der Waals surface area contributed by atoms with E-state index in [-0.39, 0.29) is 5.91 Å². The summed E-state index contributed by atoms with van der Waals surface area (Å²) in [6, 6.07) is 8.42. The molecule has 2 aromatic heterocycles. The SMILES string of the molecule is C[C@H](Sc1nnc(-c2cccnc2)o1)C(=O)Nc1cc(Cl)cc(Cl)c1. The number of benzene rings is 1. The number of nitrogens with zero attached hydrogens (tertiary/aromatic N) is 3. The first-order chi connectivity index (χ1) is 12.0. The van der Waals surface area contributed by atoms with Crippen LogP contribution in [0.4, 0.5) is 5.69 Å². The van der Waals surface area contributed by atoms with Crippen molar-refractivity contribution in [2.75, 3.05) is 5.32 Å². The number of amides is 1. The number of pyridine rings is 1. The fraction of sp³-hybridized carbons (Fsp3) is 0.125. The minimum Gasteiger partial charge on any atom is -0.411 e. The maximum absolute atomic E-state index is 12.3. The molecule has 0 radical (unpaired) electrons. The van der Waals surface area contributed by atoms with Crippen molar-refractivity contribution in [2.24, 2.45) is 0 Å². The molecule has 0 spiro atoms. The van der Waals surface area contributed by atoms with Gasteiger partial charge in [-0.15, -0.1) is 10.2 Å². The molecule has 0 unspecified atom stereocenters. The van der Waals surface area contributed by atoms with E-state index in [1.165, 1.54) is 0 Å². The van der Waals surface area contributed by atoms with Gasteiger partial charge in [0.15, 0.2) is 0 Å². The number of carbonyl (C=O) groups excluding carboxylic acids is 1. The first-order valence-corrected chi connectivity index (χ1v) is 8.82. The largest absolute Gasteiger partial charge is 0.411 e. The first-order valence-electron chi connectivity index (χ1n) is 7.19. The standard InChI is InChI=1S/C16H12Cl2N4O2S/c1-9(14(23)20-13-6-11(17)5-12(18)7-13)25-16-22-21-15(24-16)10-3-2-4-19-8-10/h2-9H,1H3,(H,20,23)/t9-/m0/s1. The lowest BCUT2D eigenvalue weighted by Gasteiger charge is -2.10. The van der Waals surface area contributed by atoms with Crippen molar-refractivity contribution in [1.82, 2.24) is 15.2 Å². The summed E-state index contributed by atoms with van der Waals surface area (Å²) in [5.41, 5.74) is 1.24. The highest BCUT2D eigenvalue weighted by Crippen LogP contribution is 2.27. The van der Waals surface area contributed by atoms with Crippen LogP contribution in [0.5, 0.6) is 0 Å². The molecule has 25 heavy (non-hydrogen) atoms. The maximum atomic E-state index is 12.3. The fourth-order valence-corrected chi connectivity index (χ4v) is 3.15. The fourth-order valence-electron chi connectivity index (χ4n) is 1.94. The number of hydrogen-bond acceptors (Lipinski definition) is 6. The zero-order valence-electron chi connectivity index (χ0n) is 12.9. The molecule has 2 heterocycles. The summed E-state index contributed by atoms with van der Waals surface area (Å²) in [5.74, 6) is 0.120. The van der Waals surface area contributed by atoms with E-state index in [9.17, 15) is 4.79 Å². The van der Waals surface area contributed by atoms with Gasteiger partial charge in [0.05, 0.1) is 10.8 Å². The molecule has 1 amide bonds. The minimum absolute atomic E-state index is 0.232. The lowest BCUT2D eigenvalue weighted by atomic mass is 10.3. The molecule has 0 aliphatic heterocycles. The summed E-state index contributed by atoms with van der Waals surface area (Å²) in [6.45, 7) is 1.74. The highest BCUT2D eigenvalue weighted by atomic mass is 35.5. The van der Waals surface area contributed by atoms with Crippen LogP contribution in [0.1, 0.15) is 6.92 Å². The van der Waals surface area contributed by atoms with Crippen LogP contribution in [-0.2, 0) is 4.79 Å². The van der Waals surface area contributed by atoms with Gasteiger partial charge in [0.2, 0.25) is 11.8 Å². The molecular weight excluding hydrogens is 383 g/mol. The molecule has 0 aliphatic rings. The van der Waals surface area contributed by atoms with Crippen molar-refractivity contribution < 1.29 is 9.21 Å². The molecule has 3 rings (SSSR count). The second-order valence-electron chi connectivity index (χ2n) is 5.02. The van der Waals surface area contributed by atoms with Gasteiger partial charge in [-0.25, -0.2) is 0 Å². The van der Waals surface area contributed by atoms with Crippen LogP contribution in [-0.4, -0.2) is 26.3 Å². The minimum atomic E-state index is -0.458. The second kappa shape index (κ2) is 7.86. The van der Waals surface area contributed by atoms with Crippen molar-refractivity contribution in [3.8, 4) is 11.5 Å². The van der Waals surface area contributed by atoms with Crippen LogP contribution in [0.3, 0.4) is 0 Å². The quantitative estimate of drug-likeness (QED) is 0.638. The van der Waals surface area contributed by atoms with E-state index in [0.717, 1.165) is 11.8 Å². The van der Waals surface area contributed by atoms with Crippen LogP contribution < -0.4 is 5.32 Å². The van der Waals surface area contributed by atoms with Gasteiger partial charge in [-0.1, -0.05) is 35.0 Å². The lowest BCUT2D eigenvalue weighted by molar-refractivity contribution is -0.115. The average Bonchev–Trinajstić information content (AvgIpc) is 3.03. The van der Waals surface area contributed by atoms with Crippen LogP contribution in [0, 0.1) is 0 Å². The Morgan fingerprint density at radius 2 is 2.00 bits per heavy atom. The number of nitrogens with one attached hydrogen (secondary N) is 1. The summed E-state index contributed by atoms with van der Waals surface area (Å²) in [7, 11) is 0. The molecule has 0 fully saturated rings. The molecular formula is C16H12Cl2N4O2S. The third-order valence-corrected chi connectivity index (χ3v) is 4.46. The molecule has 128 valence electrons. The van der Waals surface area contributed by atoms with Crippen molar-refractivity contribution in [1.29, 1.82) is 0 Å². The molecule has 1 atom stereocenters. The van der Waals surface area contributed by atoms with Gasteiger partial charge in [0.25, 0.3) is 5.22 Å². The third kappa shape index (κ3) is 4.72. The smallest absolute Gasteiger partial charge is 0.277 e. The van der Waals surface area contributed by atoms with E-state index in [0.29, 0.717) is 32.4 Å². The van der Waals surface area contributed by atoms with Crippen LogP contribution in [0.2, 0.25) is 10.0 Å². The van der Waals surface area contributed by atoms with Gasteiger partial charge in [-0.05, 0) is 37.3 Å². The molecule has 9 heteroatoms. The number of aromatic nitrogens is 3. The van der Waals surface area contributed by atoms with E-state index in [4.69, 9.17) is 27.6 Å². The Bertz CT molecular complexity index is 869.